The monoisotopic (exact) mass is 328 g/mol. The third kappa shape index (κ3) is 4.25. The maximum absolute atomic E-state index is 12.5. The molecule has 1 aromatic heterocycles. The number of benzene rings is 1. The van der Waals surface area contributed by atoms with Gasteiger partial charge in [0.2, 0.25) is 5.91 Å². The molecule has 4 nitrogen and oxygen atoms in total. The second kappa shape index (κ2) is 7.65. The lowest BCUT2D eigenvalue weighted by molar-refractivity contribution is -0.121. The van der Waals surface area contributed by atoms with Crippen molar-refractivity contribution in [2.24, 2.45) is 5.92 Å². The smallest absolute Gasteiger partial charge is 0.225 e. The van der Waals surface area contributed by atoms with Crippen molar-refractivity contribution in [2.75, 3.05) is 0 Å². The predicted octanol–water partition coefficient (Wildman–Crippen LogP) is 4.47. The highest BCUT2D eigenvalue weighted by atomic mass is 16.5. The fraction of sp³-hybridized carbons (Fsp3) is 0.500. The molecule has 1 N–H and O–H groups in total. The molecule has 2 aromatic rings. The van der Waals surface area contributed by atoms with E-state index in [2.05, 4.69) is 62.4 Å². The summed E-state index contributed by atoms with van der Waals surface area (Å²) in [6.45, 7) is 12.3. The van der Waals surface area contributed by atoms with E-state index in [9.17, 15) is 4.79 Å². The van der Waals surface area contributed by atoms with E-state index in [1.54, 1.807) is 0 Å². The summed E-state index contributed by atoms with van der Waals surface area (Å²) in [5.41, 5.74) is 4.11. The molecule has 0 aliphatic rings. The molecular weight excluding hydrogens is 300 g/mol. The van der Waals surface area contributed by atoms with Gasteiger partial charge in [-0.05, 0) is 36.8 Å². The fourth-order valence-corrected chi connectivity index (χ4v) is 2.86. The molecule has 1 aromatic carbocycles. The first-order chi connectivity index (χ1) is 11.3. The van der Waals surface area contributed by atoms with E-state index in [4.69, 9.17) is 4.52 Å². The molecule has 24 heavy (non-hydrogen) atoms. The minimum atomic E-state index is -0.00367. The largest absolute Gasteiger partial charge is 0.361 e. The number of aromatic nitrogens is 1. The SMILES string of the molecule is Cc1noc(C)c1CC(=O)NC(c1ccc(C(C)C)cc1)C(C)C. The van der Waals surface area contributed by atoms with Gasteiger partial charge in [0.1, 0.15) is 5.76 Å². The number of nitrogens with zero attached hydrogens (tertiary/aromatic N) is 1. The summed E-state index contributed by atoms with van der Waals surface area (Å²) in [6, 6.07) is 8.54. The predicted molar refractivity (Wildman–Crippen MR) is 95.9 cm³/mol. The van der Waals surface area contributed by atoms with E-state index in [0.717, 1.165) is 16.8 Å². The third-order valence-corrected chi connectivity index (χ3v) is 4.46. The van der Waals surface area contributed by atoms with Crippen LogP contribution in [0.2, 0.25) is 0 Å². The molecule has 0 aliphatic heterocycles. The lowest BCUT2D eigenvalue weighted by Gasteiger charge is -2.23. The quantitative estimate of drug-likeness (QED) is 0.851. The van der Waals surface area contributed by atoms with Crippen molar-refractivity contribution in [3.05, 3.63) is 52.4 Å². The Kier molecular flexibility index (Phi) is 5.81. The molecule has 2 rings (SSSR count). The van der Waals surface area contributed by atoms with Crippen molar-refractivity contribution in [3.63, 3.8) is 0 Å². The zero-order chi connectivity index (χ0) is 17.9. The number of amides is 1. The molecule has 0 saturated carbocycles. The molecule has 130 valence electrons. The van der Waals surface area contributed by atoms with Gasteiger partial charge in [0.25, 0.3) is 0 Å². The molecule has 1 atom stereocenters. The van der Waals surface area contributed by atoms with Crippen LogP contribution in [0.5, 0.6) is 0 Å². The highest BCUT2D eigenvalue weighted by molar-refractivity contribution is 5.79. The average Bonchev–Trinajstić information content (AvgIpc) is 2.84. The summed E-state index contributed by atoms with van der Waals surface area (Å²) >= 11 is 0. The first kappa shape index (κ1) is 18.2. The number of aryl methyl sites for hydroxylation is 2. The van der Waals surface area contributed by atoms with Gasteiger partial charge in [0.05, 0.1) is 18.2 Å². The molecule has 1 unspecified atom stereocenters. The lowest BCUT2D eigenvalue weighted by Crippen LogP contribution is -2.33. The Morgan fingerprint density at radius 2 is 1.67 bits per heavy atom. The summed E-state index contributed by atoms with van der Waals surface area (Å²) in [5, 5.41) is 7.08. The second-order valence-electron chi connectivity index (χ2n) is 7.09. The summed E-state index contributed by atoms with van der Waals surface area (Å²) in [7, 11) is 0. The van der Waals surface area contributed by atoms with Crippen LogP contribution < -0.4 is 5.32 Å². The van der Waals surface area contributed by atoms with Gasteiger partial charge >= 0.3 is 0 Å². The summed E-state index contributed by atoms with van der Waals surface area (Å²) in [6.07, 6.45) is 0.300. The number of carbonyl (C=O) groups excluding carboxylic acids is 1. The number of hydrogen-bond acceptors (Lipinski definition) is 3. The number of carbonyl (C=O) groups is 1. The van der Waals surface area contributed by atoms with Crippen LogP contribution in [0.3, 0.4) is 0 Å². The highest BCUT2D eigenvalue weighted by Crippen LogP contribution is 2.24. The van der Waals surface area contributed by atoms with Crippen LogP contribution in [0.15, 0.2) is 28.8 Å². The topological polar surface area (TPSA) is 55.1 Å². The Morgan fingerprint density at radius 3 is 2.12 bits per heavy atom. The zero-order valence-electron chi connectivity index (χ0n) is 15.5. The Hall–Kier alpha value is -2.10. The van der Waals surface area contributed by atoms with Crippen molar-refractivity contribution in [1.29, 1.82) is 0 Å². The molecule has 0 saturated heterocycles. The van der Waals surface area contributed by atoms with Gasteiger partial charge in [-0.25, -0.2) is 0 Å². The van der Waals surface area contributed by atoms with E-state index in [1.807, 2.05) is 13.8 Å². The number of hydrogen-bond donors (Lipinski definition) is 1. The van der Waals surface area contributed by atoms with Crippen molar-refractivity contribution < 1.29 is 9.32 Å². The first-order valence-corrected chi connectivity index (χ1v) is 8.60. The van der Waals surface area contributed by atoms with Crippen molar-refractivity contribution >= 4 is 5.91 Å². The van der Waals surface area contributed by atoms with E-state index < -0.39 is 0 Å². The van der Waals surface area contributed by atoms with Crippen LogP contribution in [0, 0.1) is 19.8 Å². The zero-order valence-corrected chi connectivity index (χ0v) is 15.5. The average molecular weight is 328 g/mol. The standard InChI is InChI=1S/C20H28N2O2/c1-12(2)16-7-9-17(10-8-16)20(13(3)4)21-19(23)11-18-14(5)22-24-15(18)6/h7-10,12-13,20H,11H2,1-6H3,(H,21,23). The van der Waals surface area contributed by atoms with Gasteiger partial charge < -0.3 is 9.84 Å². The number of rotatable bonds is 6. The van der Waals surface area contributed by atoms with Crippen molar-refractivity contribution in [1.82, 2.24) is 10.5 Å². The minimum Gasteiger partial charge on any atom is -0.361 e. The Morgan fingerprint density at radius 1 is 1.08 bits per heavy atom. The van der Waals surface area contributed by atoms with Crippen LogP contribution >= 0.6 is 0 Å². The maximum atomic E-state index is 12.5. The molecule has 0 aliphatic carbocycles. The van der Waals surface area contributed by atoms with Crippen LogP contribution in [0.1, 0.15) is 67.8 Å². The van der Waals surface area contributed by atoms with E-state index >= 15 is 0 Å². The minimum absolute atomic E-state index is 0.000755. The fourth-order valence-electron chi connectivity index (χ4n) is 2.86. The summed E-state index contributed by atoms with van der Waals surface area (Å²) in [5.74, 6) is 1.52. The molecule has 0 fully saturated rings. The van der Waals surface area contributed by atoms with Crippen molar-refractivity contribution in [2.45, 2.75) is 59.9 Å². The molecule has 0 spiro atoms. The van der Waals surface area contributed by atoms with E-state index in [0.29, 0.717) is 24.0 Å². The molecule has 0 radical (unpaired) electrons. The molecular formula is C20H28N2O2. The van der Waals surface area contributed by atoms with Gasteiger partial charge in [0, 0.05) is 5.56 Å². The Labute approximate surface area is 144 Å². The normalized spacial score (nSPS) is 12.7. The molecule has 1 heterocycles. The molecule has 4 heteroatoms. The van der Waals surface area contributed by atoms with E-state index in [-0.39, 0.29) is 11.9 Å². The number of nitrogens with one attached hydrogen (secondary N) is 1. The summed E-state index contributed by atoms with van der Waals surface area (Å²) in [4.78, 5) is 12.5. The second-order valence-corrected chi connectivity index (χ2v) is 7.09. The van der Waals surface area contributed by atoms with Crippen molar-refractivity contribution in [3.8, 4) is 0 Å². The van der Waals surface area contributed by atoms with Gasteiger partial charge in [-0.1, -0.05) is 57.1 Å². The summed E-state index contributed by atoms with van der Waals surface area (Å²) < 4.78 is 5.14. The highest BCUT2D eigenvalue weighted by Gasteiger charge is 2.20. The van der Waals surface area contributed by atoms with Gasteiger partial charge in [-0.15, -0.1) is 0 Å². The Balaban J connectivity index is 2.12. The first-order valence-electron chi connectivity index (χ1n) is 8.60. The van der Waals surface area contributed by atoms with Gasteiger partial charge in [-0.3, -0.25) is 4.79 Å². The maximum Gasteiger partial charge on any atom is 0.225 e. The lowest BCUT2D eigenvalue weighted by atomic mass is 9.93. The van der Waals surface area contributed by atoms with Crippen LogP contribution in [-0.2, 0) is 11.2 Å². The van der Waals surface area contributed by atoms with E-state index in [1.165, 1.54) is 5.56 Å². The third-order valence-electron chi connectivity index (χ3n) is 4.46. The van der Waals surface area contributed by atoms with Crippen LogP contribution in [0.25, 0.3) is 0 Å². The van der Waals surface area contributed by atoms with Gasteiger partial charge in [0.15, 0.2) is 0 Å². The molecule has 0 bridgehead atoms. The van der Waals surface area contributed by atoms with Crippen LogP contribution in [-0.4, -0.2) is 11.1 Å². The van der Waals surface area contributed by atoms with Crippen LogP contribution in [0.4, 0.5) is 0 Å². The molecule has 1 amide bonds. The van der Waals surface area contributed by atoms with Gasteiger partial charge in [-0.2, -0.15) is 0 Å². The Bertz CT molecular complexity index is 665.